The zero-order valence-electron chi connectivity index (χ0n) is 23.3. The lowest BCUT2D eigenvalue weighted by atomic mass is 10.0. The molecule has 0 saturated heterocycles. The first-order chi connectivity index (χ1) is 17.9. The van der Waals surface area contributed by atoms with Gasteiger partial charge in [-0.25, -0.2) is 4.57 Å². The van der Waals surface area contributed by atoms with Crippen molar-refractivity contribution in [2.75, 3.05) is 26.4 Å². The molecule has 0 bridgehead atoms. The number of carbonyl (C=O) groups is 1. The van der Waals surface area contributed by atoms with E-state index in [2.05, 4.69) is 6.92 Å². The van der Waals surface area contributed by atoms with Crippen molar-refractivity contribution in [3.63, 3.8) is 0 Å². The summed E-state index contributed by atoms with van der Waals surface area (Å²) in [6, 6.07) is 0. The number of phosphoric ester groups is 1. The van der Waals surface area contributed by atoms with E-state index in [9.17, 15) is 19.4 Å². The normalized spacial score (nSPS) is 14.9. The van der Waals surface area contributed by atoms with Gasteiger partial charge in [-0.3, -0.25) is 13.8 Å². The zero-order valence-corrected chi connectivity index (χ0v) is 24.2. The van der Waals surface area contributed by atoms with Gasteiger partial charge < -0.3 is 25.6 Å². The van der Waals surface area contributed by atoms with Crippen LogP contribution in [-0.4, -0.2) is 59.6 Å². The molecular formula is C27H56NO8P. The molecule has 0 aliphatic carbocycles. The zero-order chi connectivity index (χ0) is 27.6. The van der Waals surface area contributed by atoms with Gasteiger partial charge in [0.15, 0.2) is 0 Å². The van der Waals surface area contributed by atoms with E-state index in [1.165, 1.54) is 70.6 Å². The first kappa shape index (κ1) is 36.5. The molecule has 0 rings (SSSR count). The summed E-state index contributed by atoms with van der Waals surface area (Å²) in [6.07, 6.45) is 18.2. The molecule has 5 N–H and O–H groups in total. The van der Waals surface area contributed by atoms with Gasteiger partial charge in [0, 0.05) is 19.6 Å². The van der Waals surface area contributed by atoms with Crippen LogP contribution in [0, 0.1) is 0 Å². The highest BCUT2D eigenvalue weighted by Crippen LogP contribution is 2.45. The van der Waals surface area contributed by atoms with E-state index < -0.39 is 26.0 Å². The van der Waals surface area contributed by atoms with Crippen molar-refractivity contribution in [2.24, 2.45) is 5.73 Å². The molecule has 0 heterocycles. The van der Waals surface area contributed by atoms with Crippen LogP contribution in [0.1, 0.15) is 129 Å². The van der Waals surface area contributed by atoms with Crippen LogP contribution in [0.4, 0.5) is 0 Å². The van der Waals surface area contributed by atoms with Crippen molar-refractivity contribution in [3.8, 4) is 0 Å². The van der Waals surface area contributed by atoms with E-state index in [0.29, 0.717) is 32.3 Å². The van der Waals surface area contributed by atoms with Crippen LogP contribution < -0.4 is 5.73 Å². The maximum absolute atomic E-state index is 12.3. The minimum absolute atomic E-state index is 0.0911. The van der Waals surface area contributed by atoms with Crippen molar-refractivity contribution in [2.45, 2.75) is 141 Å². The van der Waals surface area contributed by atoms with Crippen LogP contribution in [0.15, 0.2) is 0 Å². The predicted molar refractivity (Wildman–Crippen MR) is 148 cm³/mol. The number of phosphoric acid groups is 1. The summed E-state index contributed by atoms with van der Waals surface area (Å²) in [7, 11) is -4.32. The molecule has 0 spiro atoms. The quantitative estimate of drug-likeness (QED) is 0.0614. The lowest BCUT2D eigenvalue weighted by Gasteiger charge is -2.27. The largest absolute Gasteiger partial charge is 0.481 e. The molecule has 0 saturated carbocycles. The average Bonchev–Trinajstić information content (AvgIpc) is 2.86. The van der Waals surface area contributed by atoms with Gasteiger partial charge in [-0.15, -0.1) is 0 Å². The number of aliphatic hydroxyl groups is 1. The minimum Gasteiger partial charge on any atom is -0.481 e. The predicted octanol–water partition coefficient (Wildman–Crippen LogP) is 6.34. The molecule has 0 aliphatic rings. The molecule has 0 aliphatic heterocycles. The fourth-order valence-corrected chi connectivity index (χ4v) is 5.26. The Hall–Kier alpha value is -0.540. The number of ether oxygens (including phenoxy) is 1. The van der Waals surface area contributed by atoms with E-state index in [1.54, 1.807) is 0 Å². The average molecular weight is 554 g/mol. The molecule has 9 nitrogen and oxygen atoms in total. The number of hydrogen-bond acceptors (Lipinski definition) is 7. The van der Waals surface area contributed by atoms with Crippen molar-refractivity contribution in [1.82, 2.24) is 0 Å². The summed E-state index contributed by atoms with van der Waals surface area (Å²) in [5.74, 6) is -0.827. The van der Waals surface area contributed by atoms with Crippen molar-refractivity contribution < 1.29 is 38.3 Å². The third-order valence-electron chi connectivity index (χ3n) is 6.44. The van der Waals surface area contributed by atoms with Gasteiger partial charge in [-0.1, -0.05) is 103 Å². The van der Waals surface area contributed by atoms with E-state index in [-0.39, 0.29) is 26.2 Å². The first-order valence-electron chi connectivity index (χ1n) is 14.7. The Kier molecular flexibility index (Phi) is 25.3. The van der Waals surface area contributed by atoms with Gasteiger partial charge in [0.1, 0.15) is 6.10 Å². The number of carboxylic acids is 1. The maximum atomic E-state index is 12.3. The molecule has 0 aromatic rings. The number of rotatable bonds is 29. The number of nitrogens with two attached hydrogens (primary N) is 1. The van der Waals surface area contributed by atoms with E-state index in [4.69, 9.17) is 24.6 Å². The Labute approximate surface area is 225 Å². The van der Waals surface area contributed by atoms with Crippen LogP contribution in [-0.2, 0) is 23.1 Å². The van der Waals surface area contributed by atoms with Gasteiger partial charge in [-0.2, -0.15) is 0 Å². The molecule has 0 amide bonds. The van der Waals surface area contributed by atoms with Crippen molar-refractivity contribution >= 4 is 13.8 Å². The Morgan fingerprint density at radius 3 is 1.78 bits per heavy atom. The number of carboxylic acid groups (broad SMARTS) is 1. The highest BCUT2D eigenvalue weighted by atomic mass is 31.2. The number of aliphatic carboxylic acids is 1. The van der Waals surface area contributed by atoms with Crippen LogP contribution in [0.2, 0.25) is 0 Å². The van der Waals surface area contributed by atoms with Crippen LogP contribution in [0.25, 0.3) is 0 Å². The smallest absolute Gasteiger partial charge is 0.472 e. The molecular weight excluding hydrogens is 497 g/mol. The highest BCUT2D eigenvalue weighted by Gasteiger charge is 2.32. The SMILES string of the molecule is CCCCCCCCCCCCCCCCC(OP(=O)(O)OCCN)[C@H](CO)OCCCCCC(=O)O. The maximum Gasteiger partial charge on any atom is 0.472 e. The van der Waals surface area contributed by atoms with Crippen LogP contribution in [0.5, 0.6) is 0 Å². The molecule has 3 atom stereocenters. The van der Waals surface area contributed by atoms with Crippen molar-refractivity contribution in [3.05, 3.63) is 0 Å². The number of hydrogen-bond donors (Lipinski definition) is 4. The van der Waals surface area contributed by atoms with Gasteiger partial charge >= 0.3 is 13.8 Å². The third kappa shape index (κ3) is 24.3. The lowest BCUT2D eigenvalue weighted by Crippen LogP contribution is -2.35. The molecule has 0 aromatic carbocycles. The summed E-state index contributed by atoms with van der Waals surface area (Å²) >= 11 is 0. The Balaban J connectivity index is 4.26. The molecule has 222 valence electrons. The van der Waals surface area contributed by atoms with E-state index in [0.717, 1.165) is 19.3 Å². The Morgan fingerprint density at radius 1 is 0.784 bits per heavy atom. The standard InChI is InChI=1S/C27H56NO8P/c1-2-3-4-5-6-7-8-9-10-11-12-13-14-16-19-25(36-37(32,33)35-23-21-28)26(24-29)34-22-18-15-17-20-27(30)31/h25-26,29H,2-24,28H2,1H3,(H,30,31)(H,32,33)/t25?,26-/m0/s1. The summed E-state index contributed by atoms with van der Waals surface area (Å²) in [6.45, 7) is 2.19. The fraction of sp³-hybridized carbons (Fsp3) is 0.963. The van der Waals surface area contributed by atoms with E-state index in [1.807, 2.05) is 0 Å². The minimum atomic E-state index is -4.32. The number of unbranched alkanes of at least 4 members (excludes halogenated alkanes) is 15. The Morgan fingerprint density at radius 2 is 1.30 bits per heavy atom. The summed E-state index contributed by atoms with van der Waals surface area (Å²) in [4.78, 5) is 20.6. The van der Waals surface area contributed by atoms with Gasteiger partial charge in [-0.05, 0) is 19.3 Å². The topological polar surface area (TPSA) is 149 Å². The van der Waals surface area contributed by atoms with Gasteiger partial charge in [0.2, 0.25) is 0 Å². The lowest BCUT2D eigenvalue weighted by molar-refractivity contribution is -0.137. The molecule has 2 unspecified atom stereocenters. The number of aliphatic hydroxyl groups excluding tert-OH is 1. The second-order valence-corrected chi connectivity index (χ2v) is 11.3. The second kappa shape index (κ2) is 25.7. The Bertz CT molecular complexity index is 567. The summed E-state index contributed by atoms with van der Waals surface area (Å²) in [5, 5.41) is 18.6. The van der Waals surface area contributed by atoms with Gasteiger partial charge in [0.25, 0.3) is 0 Å². The summed E-state index contributed by atoms with van der Waals surface area (Å²) in [5.41, 5.74) is 5.36. The van der Waals surface area contributed by atoms with Crippen LogP contribution >= 0.6 is 7.82 Å². The molecule has 10 heteroatoms. The molecule has 0 radical (unpaired) electrons. The van der Waals surface area contributed by atoms with Gasteiger partial charge in [0.05, 0.1) is 19.3 Å². The summed E-state index contributed by atoms with van der Waals surface area (Å²) < 4.78 is 28.3. The molecule has 37 heavy (non-hydrogen) atoms. The molecule has 0 fully saturated rings. The third-order valence-corrected chi connectivity index (χ3v) is 7.49. The first-order valence-corrected chi connectivity index (χ1v) is 16.2. The monoisotopic (exact) mass is 553 g/mol. The van der Waals surface area contributed by atoms with Crippen molar-refractivity contribution in [1.29, 1.82) is 0 Å². The van der Waals surface area contributed by atoms with E-state index >= 15 is 0 Å². The fourth-order valence-electron chi connectivity index (χ4n) is 4.28. The highest BCUT2D eigenvalue weighted by molar-refractivity contribution is 7.47. The second-order valence-electron chi connectivity index (χ2n) is 9.92. The molecule has 0 aromatic heterocycles. The van der Waals surface area contributed by atoms with Crippen LogP contribution in [0.3, 0.4) is 0 Å².